The number of aryl methyl sites for hydroxylation is 1. The predicted molar refractivity (Wildman–Crippen MR) is 94.3 cm³/mol. The summed E-state index contributed by atoms with van der Waals surface area (Å²) in [4.78, 5) is 16.7. The third kappa shape index (κ3) is 3.65. The van der Waals surface area contributed by atoms with Gasteiger partial charge in [0.2, 0.25) is 5.91 Å². The van der Waals surface area contributed by atoms with Gasteiger partial charge in [0.05, 0.1) is 23.7 Å². The number of amides is 1. The Hall–Kier alpha value is -1.79. The van der Waals surface area contributed by atoms with Crippen molar-refractivity contribution in [2.45, 2.75) is 19.8 Å². The zero-order valence-electron chi connectivity index (χ0n) is 13.6. The summed E-state index contributed by atoms with van der Waals surface area (Å²) >= 11 is 7.47. The SMILES string of the molecule is COc1cccc2c1OCC(C(=O)NCCc1nc(C)c(Cl)s1)C2. The van der Waals surface area contributed by atoms with Gasteiger partial charge in [0.25, 0.3) is 0 Å². The number of methoxy groups -OCH3 is 1. The minimum atomic E-state index is -0.189. The lowest BCUT2D eigenvalue weighted by molar-refractivity contribution is -0.126. The van der Waals surface area contributed by atoms with Gasteiger partial charge in [-0.25, -0.2) is 4.98 Å². The summed E-state index contributed by atoms with van der Waals surface area (Å²) in [5.41, 5.74) is 1.84. The van der Waals surface area contributed by atoms with Gasteiger partial charge in [0.15, 0.2) is 11.5 Å². The molecule has 2 aromatic rings. The summed E-state index contributed by atoms with van der Waals surface area (Å²) in [6.07, 6.45) is 1.34. The zero-order chi connectivity index (χ0) is 17.1. The van der Waals surface area contributed by atoms with Gasteiger partial charge in [0, 0.05) is 13.0 Å². The molecular weight excluding hydrogens is 348 g/mol. The van der Waals surface area contributed by atoms with Crippen LogP contribution in [-0.4, -0.2) is 31.2 Å². The normalized spacial score (nSPS) is 16.2. The quantitative estimate of drug-likeness (QED) is 0.883. The van der Waals surface area contributed by atoms with Gasteiger partial charge >= 0.3 is 0 Å². The van der Waals surface area contributed by atoms with Gasteiger partial charge in [-0.1, -0.05) is 23.7 Å². The first-order valence-corrected chi connectivity index (χ1v) is 8.96. The van der Waals surface area contributed by atoms with Crippen LogP contribution in [-0.2, 0) is 17.6 Å². The average molecular weight is 367 g/mol. The topological polar surface area (TPSA) is 60.5 Å². The Bertz CT molecular complexity index is 728. The molecule has 128 valence electrons. The maximum atomic E-state index is 12.4. The number of nitrogens with zero attached hydrogens (tertiary/aromatic N) is 1. The van der Waals surface area contributed by atoms with Crippen LogP contribution < -0.4 is 14.8 Å². The molecule has 24 heavy (non-hydrogen) atoms. The Morgan fingerprint density at radius 3 is 3.08 bits per heavy atom. The van der Waals surface area contributed by atoms with E-state index < -0.39 is 0 Å². The van der Waals surface area contributed by atoms with Crippen LogP contribution in [0.1, 0.15) is 16.3 Å². The fourth-order valence-electron chi connectivity index (χ4n) is 2.70. The van der Waals surface area contributed by atoms with E-state index in [1.807, 2.05) is 25.1 Å². The first-order valence-electron chi connectivity index (χ1n) is 7.76. The van der Waals surface area contributed by atoms with Gasteiger partial charge in [-0.15, -0.1) is 11.3 Å². The van der Waals surface area contributed by atoms with Crippen LogP contribution >= 0.6 is 22.9 Å². The second-order valence-electron chi connectivity index (χ2n) is 5.67. The van der Waals surface area contributed by atoms with Crippen LogP contribution in [0.3, 0.4) is 0 Å². The molecule has 2 heterocycles. The van der Waals surface area contributed by atoms with E-state index in [1.54, 1.807) is 7.11 Å². The van der Waals surface area contributed by atoms with E-state index in [0.717, 1.165) is 22.0 Å². The number of hydrogen-bond donors (Lipinski definition) is 1. The third-order valence-electron chi connectivity index (χ3n) is 3.97. The largest absolute Gasteiger partial charge is 0.493 e. The minimum Gasteiger partial charge on any atom is -0.493 e. The third-order valence-corrected chi connectivity index (χ3v) is 5.48. The Labute approximate surface area is 150 Å². The lowest BCUT2D eigenvalue weighted by atomic mass is 9.95. The van der Waals surface area contributed by atoms with Gasteiger partial charge in [0.1, 0.15) is 10.9 Å². The maximum Gasteiger partial charge on any atom is 0.226 e. The van der Waals surface area contributed by atoms with Crippen LogP contribution in [0.25, 0.3) is 0 Å². The molecule has 1 unspecified atom stereocenters. The van der Waals surface area contributed by atoms with Crippen LogP contribution in [0.5, 0.6) is 11.5 Å². The van der Waals surface area contributed by atoms with Gasteiger partial charge in [-0.05, 0) is 25.0 Å². The molecule has 0 fully saturated rings. The highest BCUT2D eigenvalue weighted by Gasteiger charge is 2.27. The van der Waals surface area contributed by atoms with E-state index in [-0.39, 0.29) is 11.8 Å². The molecule has 1 N–H and O–H groups in total. The number of para-hydroxylation sites is 1. The van der Waals surface area contributed by atoms with E-state index in [1.165, 1.54) is 11.3 Å². The smallest absolute Gasteiger partial charge is 0.226 e. The summed E-state index contributed by atoms with van der Waals surface area (Å²) in [5.74, 6) is 1.27. The van der Waals surface area contributed by atoms with Crippen molar-refractivity contribution in [2.24, 2.45) is 5.92 Å². The number of rotatable bonds is 5. The summed E-state index contributed by atoms with van der Waals surface area (Å²) in [5, 5.41) is 3.90. The fourth-order valence-corrected chi connectivity index (χ4v) is 3.79. The first kappa shape index (κ1) is 17.0. The highest BCUT2D eigenvalue weighted by molar-refractivity contribution is 7.16. The number of aromatic nitrogens is 1. The summed E-state index contributed by atoms with van der Waals surface area (Å²) in [7, 11) is 1.62. The molecule has 1 amide bonds. The summed E-state index contributed by atoms with van der Waals surface area (Å²) in [6.45, 7) is 2.79. The Balaban J connectivity index is 1.54. The van der Waals surface area contributed by atoms with E-state index in [2.05, 4.69) is 10.3 Å². The van der Waals surface area contributed by atoms with Crippen molar-refractivity contribution in [2.75, 3.05) is 20.3 Å². The molecule has 0 saturated carbocycles. The number of ether oxygens (including phenoxy) is 2. The van der Waals surface area contributed by atoms with Crippen molar-refractivity contribution in [1.29, 1.82) is 0 Å². The van der Waals surface area contributed by atoms with E-state index in [4.69, 9.17) is 21.1 Å². The number of thiazole rings is 1. The van der Waals surface area contributed by atoms with E-state index in [0.29, 0.717) is 36.1 Å². The minimum absolute atomic E-state index is 0.00263. The first-order chi connectivity index (χ1) is 11.6. The predicted octanol–water partition coefficient (Wildman–Crippen LogP) is 3.02. The molecule has 1 aliphatic rings. The molecule has 1 aromatic carbocycles. The number of halogens is 1. The van der Waals surface area contributed by atoms with Crippen molar-refractivity contribution in [1.82, 2.24) is 10.3 Å². The van der Waals surface area contributed by atoms with Crippen LogP contribution in [0.15, 0.2) is 18.2 Å². The molecular formula is C17H19ClN2O3S. The second kappa shape index (κ2) is 7.40. The second-order valence-corrected chi connectivity index (χ2v) is 7.35. The average Bonchev–Trinajstić information content (AvgIpc) is 2.91. The molecule has 0 radical (unpaired) electrons. The number of nitrogens with one attached hydrogen (secondary N) is 1. The Morgan fingerprint density at radius 1 is 1.54 bits per heavy atom. The molecule has 0 aliphatic carbocycles. The van der Waals surface area contributed by atoms with Gasteiger partial charge in [-0.3, -0.25) is 4.79 Å². The van der Waals surface area contributed by atoms with Crippen molar-refractivity contribution >= 4 is 28.8 Å². The van der Waals surface area contributed by atoms with Crippen LogP contribution in [0.4, 0.5) is 0 Å². The molecule has 1 atom stereocenters. The summed E-state index contributed by atoms with van der Waals surface area (Å²) < 4.78 is 11.8. The highest BCUT2D eigenvalue weighted by Crippen LogP contribution is 2.36. The number of benzene rings is 1. The van der Waals surface area contributed by atoms with Crippen molar-refractivity contribution in [3.63, 3.8) is 0 Å². The summed E-state index contributed by atoms with van der Waals surface area (Å²) in [6, 6.07) is 5.74. The van der Waals surface area contributed by atoms with Crippen molar-refractivity contribution in [3.05, 3.63) is 38.8 Å². The van der Waals surface area contributed by atoms with Gasteiger partial charge < -0.3 is 14.8 Å². The molecule has 0 spiro atoms. The number of hydrogen-bond acceptors (Lipinski definition) is 5. The van der Waals surface area contributed by atoms with Gasteiger partial charge in [-0.2, -0.15) is 0 Å². The van der Waals surface area contributed by atoms with E-state index in [9.17, 15) is 4.79 Å². The molecule has 1 aromatic heterocycles. The monoisotopic (exact) mass is 366 g/mol. The van der Waals surface area contributed by atoms with Crippen molar-refractivity contribution in [3.8, 4) is 11.5 Å². The molecule has 5 nitrogen and oxygen atoms in total. The standard InChI is InChI=1S/C17H19ClN2O3S/c1-10-16(18)24-14(20-10)6-7-19-17(21)12-8-11-4-3-5-13(22-2)15(11)23-9-12/h3-5,12H,6-9H2,1-2H3,(H,19,21). The van der Waals surface area contributed by atoms with Crippen molar-refractivity contribution < 1.29 is 14.3 Å². The fraction of sp³-hybridized carbons (Fsp3) is 0.412. The molecule has 0 bridgehead atoms. The van der Waals surface area contributed by atoms with E-state index >= 15 is 0 Å². The van der Waals surface area contributed by atoms with Crippen LogP contribution in [0.2, 0.25) is 4.34 Å². The maximum absolute atomic E-state index is 12.4. The lowest BCUT2D eigenvalue weighted by Crippen LogP contribution is -2.38. The Morgan fingerprint density at radius 2 is 2.38 bits per heavy atom. The zero-order valence-corrected chi connectivity index (χ0v) is 15.2. The Kier molecular flexibility index (Phi) is 5.26. The molecule has 1 aliphatic heterocycles. The highest BCUT2D eigenvalue weighted by atomic mass is 35.5. The lowest BCUT2D eigenvalue weighted by Gasteiger charge is -2.25. The molecule has 7 heteroatoms. The number of fused-ring (bicyclic) bond motifs is 1. The number of carbonyl (C=O) groups is 1. The molecule has 0 saturated heterocycles. The molecule has 3 rings (SSSR count). The van der Waals surface area contributed by atoms with Crippen LogP contribution in [0, 0.1) is 12.8 Å². The number of carbonyl (C=O) groups excluding carboxylic acids is 1.